The van der Waals surface area contributed by atoms with Gasteiger partial charge in [0, 0.05) is 24.6 Å². The summed E-state index contributed by atoms with van der Waals surface area (Å²) < 4.78 is 0.171. The maximum atomic E-state index is 12.6. The molecule has 28 heavy (non-hydrogen) atoms. The molecule has 1 heterocycles. The number of fused-ring (bicyclic) bond motifs is 1. The Morgan fingerprint density at radius 2 is 1.89 bits per heavy atom. The van der Waals surface area contributed by atoms with Gasteiger partial charge >= 0.3 is 5.91 Å². The van der Waals surface area contributed by atoms with Gasteiger partial charge in [-0.2, -0.15) is 0 Å². The first-order valence-electron chi connectivity index (χ1n) is 9.77. The van der Waals surface area contributed by atoms with E-state index in [0.717, 1.165) is 27.9 Å². The Kier molecular flexibility index (Phi) is 5.31. The highest BCUT2D eigenvalue weighted by Gasteiger charge is 2.47. The fraction of sp³-hybridized carbons (Fsp3) is 0.391. The van der Waals surface area contributed by atoms with Gasteiger partial charge in [0.1, 0.15) is 11.8 Å². The molecule has 0 aromatic heterocycles. The largest absolute Gasteiger partial charge is 0.530 e. The molecule has 5 heteroatoms. The lowest BCUT2D eigenvalue weighted by molar-refractivity contribution is -0.268. The van der Waals surface area contributed by atoms with Crippen LogP contribution in [0.5, 0.6) is 0 Å². The fourth-order valence-corrected chi connectivity index (χ4v) is 4.46. The zero-order valence-corrected chi connectivity index (χ0v) is 17.2. The second kappa shape index (κ2) is 7.40. The van der Waals surface area contributed by atoms with Gasteiger partial charge in [-0.3, -0.25) is 0 Å². The monoisotopic (exact) mass is 380 g/mol. The van der Waals surface area contributed by atoms with E-state index in [4.69, 9.17) is 0 Å². The van der Waals surface area contributed by atoms with Gasteiger partial charge in [0.05, 0.1) is 26.1 Å². The summed E-state index contributed by atoms with van der Waals surface area (Å²) in [6, 6.07) is 13.8. The molecule has 3 rings (SSSR count). The Morgan fingerprint density at radius 1 is 1.21 bits per heavy atom. The van der Waals surface area contributed by atoms with Crippen molar-refractivity contribution < 1.29 is 14.7 Å². The van der Waals surface area contributed by atoms with Crippen molar-refractivity contribution >= 4 is 17.7 Å². The summed E-state index contributed by atoms with van der Waals surface area (Å²) in [7, 11) is 1.92. The first kappa shape index (κ1) is 20.1. The average Bonchev–Trinajstić information content (AvgIpc) is 2.65. The standard InChI is InChI=1S/C23H28N2O3/c1-6-24(23(27)28)21-13-16(3)25(5,17(4)26)22-12-11-18(14-20(21)22)19-10-8-7-9-15(19)2/h7-12,14,16,21H,6,13H2,1-5H3/t16-,21+,25?/m0/s1. The van der Waals surface area contributed by atoms with Crippen molar-refractivity contribution in [3.8, 4) is 11.1 Å². The molecule has 1 unspecified atom stereocenters. The van der Waals surface area contributed by atoms with Crippen LogP contribution in [0.1, 0.15) is 44.4 Å². The number of hydrogen-bond donors (Lipinski definition) is 0. The summed E-state index contributed by atoms with van der Waals surface area (Å²) in [4.78, 5) is 25.8. The summed E-state index contributed by atoms with van der Waals surface area (Å²) in [5, 5.41) is 11.8. The van der Waals surface area contributed by atoms with Gasteiger partial charge in [-0.1, -0.05) is 24.3 Å². The van der Waals surface area contributed by atoms with E-state index in [-0.39, 0.29) is 22.5 Å². The number of amides is 2. The van der Waals surface area contributed by atoms with Gasteiger partial charge in [0.2, 0.25) is 0 Å². The van der Waals surface area contributed by atoms with E-state index in [0.29, 0.717) is 13.0 Å². The molecule has 2 aromatic rings. The van der Waals surface area contributed by atoms with Crippen molar-refractivity contribution in [2.45, 2.75) is 46.2 Å². The molecule has 2 amide bonds. The average molecular weight is 380 g/mol. The third kappa shape index (κ3) is 3.10. The van der Waals surface area contributed by atoms with Crippen molar-refractivity contribution in [1.29, 1.82) is 0 Å². The van der Waals surface area contributed by atoms with Crippen LogP contribution in [0.3, 0.4) is 0 Å². The molecule has 148 valence electrons. The minimum atomic E-state index is -1.18. The lowest BCUT2D eigenvalue weighted by atomic mass is 9.86. The Morgan fingerprint density at radius 3 is 2.46 bits per heavy atom. The molecule has 0 bridgehead atoms. The van der Waals surface area contributed by atoms with Crippen LogP contribution in [0.4, 0.5) is 10.5 Å². The van der Waals surface area contributed by atoms with Crippen LogP contribution in [-0.4, -0.2) is 36.5 Å². The summed E-state index contributed by atoms with van der Waals surface area (Å²) in [6.07, 6.45) is -0.604. The number of hydrogen-bond acceptors (Lipinski definition) is 3. The minimum Gasteiger partial charge on any atom is -0.530 e. The number of carboxylic acid groups (broad SMARTS) is 1. The zero-order valence-electron chi connectivity index (χ0n) is 17.2. The van der Waals surface area contributed by atoms with Crippen LogP contribution in [0.2, 0.25) is 0 Å². The molecule has 0 radical (unpaired) electrons. The smallest absolute Gasteiger partial charge is 0.315 e. The summed E-state index contributed by atoms with van der Waals surface area (Å²) in [5.74, 6) is 0.0485. The van der Waals surface area contributed by atoms with Crippen molar-refractivity contribution in [3.05, 3.63) is 53.6 Å². The van der Waals surface area contributed by atoms with Gasteiger partial charge in [-0.05, 0) is 49.6 Å². The molecular formula is C23H28N2O3. The molecule has 0 aliphatic carbocycles. The number of rotatable bonds is 3. The molecule has 2 aromatic carbocycles. The van der Waals surface area contributed by atoms with E-state index in [1.807, 2.05) is 45.2 Å². The third-order valence-electron chi connectivity index (χ3n) is 6.39. The molecule has 0 saturated heterocycles. The SMILES string of the molecule is CCN(C(=O)[O-])[C@@H]1C[C@H](C)[N+](C)(C(C)=O)c2ccc(-c3ccccc3C)cc21. The van der Waals surface area contributed by atoms with Gasteiger partial charge < -0.3 is 14.8 Å². The Bertz CT molecular complexity index is 924. The van der Waals surface area contributed by atoms with Crippen LogP contribution in [0.25, 0.3) is 11.1 Å². The minimum absolute atomic E-state index is 0.0345. The molecular weight excluding hydrogens is 352 g/mol. The number of nitrogens with zero attached hydrogens (tertiary/aromatic N) is 2. The van der Waals surface area contributed by atoms with Crippen molar-refractivity contribution in [2.75, 3.05) is 13.6 Å². The van der Waals surface area contributed by atoms with Crippen molar-refractivity contribution in [3.63, 3.8) is 0 Å². The van der Waals surface area contributed by atoms with E-state index in [1.54, 1.807) is 6.92 Å². The molecule has 1 aliphatic rings. The van der Waals surface area contributed by atoms with Gasteiger partial charge in [0.25, 0.3) is 0 Å². The molecule has 0 fully saturated rings. The van der Waals surface area contributed by atoms with Gasteiger partial charge in [-0.25, -0.2) is 9.28 Å². The number of benzene rings is 2. The maximum Gasteiger partial charge on any atom is 0.315 e. The summed E-state index contributed by atoms with van der Waals surface area (Å²) >= 11 is 0. The van der Waals surface area contributed by atoms with Gasteiger partial charge in [0.15, 0.2) is 0 Å². The maximum absolute atomic E-state index is 12.6. The zero-order chi connectivity index (χ0) is 20.6. The number of quaternary nitrogens is 1. The second-order valence-electron chi connectivity index (χ2n) is 7.84. The molecule has 1 aliphatic heterocycles. The van der Waals surface area contributed by atoms with E-state index in [9.17, 15) is 14.7 Å². The summed E-state index contributed by atoms with van der Waals surface area (Å²) in [6.45, 7) is 7.84. The van der Waals surface area contributed by atoms with E-state index in [1.165, 1.54) is 4.90 Å². The molecule has 0 spiro atoms. The highest BCUT2D eigenvalue weighted by Crippen LogP contribution is 2.45. The van der Waals surface area contributed by atoms with Crippen LogP contribution >= 0.6 is 0 Å². The third-order valence-corrected chi connectivity index (χ3v) is 6.39. The first-order valence-corrected chi connectivity index (χ1v) is 9.77. The normalized spacial score (nSPS) is 23.8. The van der Waals surface area contributed by atoms with E-state index >= 15 is 0 Å². The Labute approximate surface area is 166 Å². The fourth-order valence-electron chi connectivity index (χ4n) is 4.46. The lowest BCUT2D eigenvalue weighted by Gasteiger charge is -2.47. The highest BCUT2D eigenvalue weighted by atomic mass is 16.4. The Balaban J connectivity index is 2.25. The Hall–Kier alpha value is -2.66. The topological polar surface area (TPSA) is 60.4 Å². The predicted octanol–water partition coefficient (Wildman–Crippen LogP) is 3.64. The highest BCUT2D eigenvalue weighted by molar-refractivity contribution is 5.89. The van der Waals surface area contributed by atoms with Crippen molar-refractivity contribution in [2.24, 2.45) is 0 Å². The van der Waals surface area contributed by atoms with Crippen LogP contribution < -0.4 is 9.59 Å². The number of carbonyl (C=O) groups is 2. The molecule has 3 atom stereocenters. The van der Waals surface area contributed by atoms with Gasteiger partial charge in [-0.15, -0.1) is 0 Å². The van der Waals surface area contributed by atoms with Crippen LogP contribution in [0.15, 0.2) is 42.5 Å². The van der Waals surface area contributed by atoms with E-state index in [2.05, 4.69) is 25.1 Å². The van der Waals surface area contributed by atoms with Crippen LogP contribution in [-0.2, 0) is 4.79 Å². The molecule has 0 N–H and O–H groups in total. The summed E-state index contributed by atoms with van der Waals surface area (Å²) in [5.41, 5.74) is 5.05. The van der Waals surface area contributed by atoms with E-state index < -0.39 is 6.09 Å². The number of carbonyl (C=O) groups excluding carboxylic acids is 2. The molecule has 0 saturated carbocycles. The van der Waals surface area contributed by atoms with Crippen molar-refractivity contribution in [1.82, 2.24) is 9.38 Å². The second-order valence-corrected chi connectivity index (χ2v) is 7.84. The predicted molar refractivity (Wildman–Crippen MR) is 110 cm³/mol. The first-order chi connectivity index (χ1) is 13.2. The quantitative estimate of drug-likeness (QED) is 0.764. The van der Waals surface area contributed by atoms with Crippen LogP contribution in [0, 0.1) is 6.92 Å². The molecule has 5 nitrogen and oxygen atoms in total. The lowest BCUT2D eigenvalue weighted by Crippen LogP contribution is -2.60. The number of aryl methyl sites for hydroxylation is 1.